The Balaban J connectivity index is 1.37. The SMILES string of the molecule is O=C(Cc1ccsc1)N1CC[C@@H](Nc2ncnc3c2CCC3)C1. The van der Waals surface area contributed by atoms with Crippen LogP contribution in [0.15, 0.2) is 23.2 Å². The van der Waals surface area contributed by atoms with E-state index in [4.69, 9.17) is 0 Å². The largest absolute Gasteiger partial charge is 0.365 e. The highest BCUT2D eigenvalue weighted by Crippen LogP contribution is 2.26. The number of aryl methyl sites for hydroxylation is 1. The zero-order valence-corrected chi connectivity index (χ0v) is 13.8. The van der Waals surface area contributed by atoms with Crippen molar-refractivity contribution in [2.45, 2.75) is 38.1 Å². The van der Waals surface area contributed by atoms with E-state index in [0.717, 1.165) is 43.7 Å². The Kier molecular flexibility index (Phi) is 3.99. The fourth-order valence-electron chi connectivity index (χ4n) is 3.46. The molecule has 6 heteroatoms. The van der Waals surface area contributed by atoms with Gasteiger partial charge in [-0.2, -0.15) is 11.3 Å². The third-order valence-electron chi connectivity index (χ3n) is 4.69. The molecule has 1 N–H and O–H groups in total. The minimum absolute atomic E-state index is 0.223. The lowest BCUT2D eigenvalue weighted by molar-refractivity contribution is -0.129. The molecule has 2 aromatic rings. The molecular formula is C17H20N4OS. The molecule has 0 radical (unpaired) electrons. The second-order valence-corrected chi connectivity index (χ2v) is 7.06. The lowest BCUT2D eigenvalue weighted by Gasteiger charge is -2.18. The highest BCUT2D eigenvalue weighted by atomic mass is 32.1. The van der Waals surface area contributed by atoms with E-state index >= 15 is 0 Å². The van der Waals surface area contributed by atoms with Gasteiger partial charge in [0.2, 0.25) is 5.91 Å². The number of aromatic nitrogens is 2. The minimum Gasteiger partial charge on any atom is -0.365 e. The second kappa shape index (κ2) is 6.28. The Morgan fingerprint density at radius 3 is 3.22 bits per heavy atom. The molecule has 0 aromatic carbocycles. The summed E-state index contributed by atoms with van der Waals surface area (Å²) in [6.07, 6.45) is 6.43. The van der Waals surface area contributed by atoms with Crippen LogP contribution in [0.4, 0.5) is 5.82 Å². The Hall–Kier alpha value is -1.95. The first-order valence-corrected chi connectivity index (χ1v) is 9.12. The van der Waals surface area contributed by atoms with Crippen molar-refractivity contribution in [3.05, 3.63) is 40.0 Å². The number of hydrogen-bond acceptors (Lipinski definition) is 5. The van der Waals surface area contributed by atoms with Crippen molar-refractivity contribution in [1.82, 2.24) is 14.9 Å². The number of thiophene rings is 1. The summed E-state index contributed by atoms with van der Waals surface area (Å²) < 4.78 is 0. The second-order valence-electron chi connectivity index (χ2n) is 6.28. The molecule has 1 fully saturated rings. The van der Waals surface area contributed by atoms with E-state index in [2.05, 4.69) is 15.3 Å². The van der Waals surface area contributed by atoms with Gasteiger partial charge in [-0.1, -0.05) is 0 Å². The predicted octanol–water partition coefficient (Wildman–Crippen LogP) is 2.28. The molecule has 1 aliphatic heterocycles. The van der Waals surface area contributed by atoms with Crippen LogP contribution in [0.1, 0.15) is 29.7 Å². The first-order chi connectivity index (χ1) is 11.3. The zero-order valence-electron chi connectivity index (χ0n) is 13.0. The summed E-state index contributed by atoms with van der Waals surface area (Å²) >= 11 is 1.64. The zero-order chi connectivity index (χ0) is 15.6. The molecule has 4 rings (SSSR count). The monoisotopic (exact) mass is 328 g/mol. The van der Waals surface area contributed by atoms with Crippen LogP contribution in [-0.4, -0.2) is 39.9 Å². The number of carbonyl (C=O) groups excluding carboxylic acids is 1. The van der Waals surface area contributed by atoms with Crippen molar-refractivity contribution in [3.63, 3.8) is 0 Å². The number of fused-ring (bicyclic) bond motifs is 1. The van der Waals surface area contributed by atoms with Crippen molar-refractivity contribution in [3.8, 4) is 0 Å². The highest BCUT2D eigenvalue weighted by molar-refractivity contribution is 7.08. The fraction of sp³-hybridized carbons (Fsp3) is 0.471. The van der Waals surface area contributed by atoms with Crippen LogP contribution in [0.2, 0.25) is 0 Å². The minimum atomic E-state index is 0.223. The Morgan fingerprint density at radius 2 is 2.35 bits per heavy atom. The molecule has 5 nitrogen and oxygen atoms in total. The maximum Gasteiger partial charge on any atom is 0.227 e. The molecule has 0 bridgehead atoms. The Labute approximate surface area is 139 Å². The number of anilines is 1. The van der Waals surface area contributed by atoms with E-state index < -0.39 is 0 Å². The summed E-state index contributed by atoms with van der Waals surface area (Å²) in [6, 6.07) is 2.32. The predicted molar refractivity (Wildman–Crippen MR) is 90.7 cm³/mol. The third-order valence-corrected chi connectivity index (χ3v) is 5.42. The molecule has 3 heterocycles. The smallest absolute Gasteiger partial charge is 0.227 e. The van der Waals surface area contributed by atoms with Gasteiger partial charge in [0, 0.05) is 30.4 Å². The van der Waals surface area contributed by atoms with Crippen LogP contribution in [0.3, 0.4) is 0 Å². The van der Waals surface area contributed by atoms with E-state index in [-0.39, 0.29) is 5.91 Å². The summed E-state index contributed by atoms with van der Waals surface area (Å²) in [6.45, 7) is 1.59. The molecule has 23 heavy (non-hydrogen) atoms. The van der Waals surface area contributed by atoms with Crippen LogP contribution < -0.4 is 5.32 Å². The summed E-state index contributed by atoms with van der Waals surface area (Å²) in [7, 11) is 0. The van der Waals surface area contributed by atoms with Gasteiger partial charge in [0.25, 0.3) is 0 Å². The van der Waals surface area contributed by atoms with Crippen LogP contribution in [0.5, 0.6) is 0 Å². The molecule has 1 atom stereocenters. The summed E-state index contributed by atoms with van der Waals surface area (Å²) in [4.78, 5) is 23.1. The van der Waals surface area contributed by atoms with E-state index in [9.17, 15) is 4.79 Å². The van der Waals surface area contributed by atoms with Gasteiger partial charge >= 0.3 is 0 Å². The molecule has 1 aliphatic carbocycles. The molecule has 1 amide bonds. The molecule has 0 spiro atoms. The number of nitrogens with one attached hydrogen (secondary N) is 1. The van der Waals surface area contributed by atoms with E-state index in [1.54, 1.807) is 17.7 Å². The maximum atomic E-state index is 12.4. The molecule has 120 valence electrons. The van der Waals surface area contributed by atoms with Gasteiger partial charge in [0.1, 0.15) is 12.1 Å². The quantitative estimate of drug-likeness (QED) is 0.935. The van der Waals surface area contributed by atoms with Gasteiger partial charge in [-0.15, -0.1) is 0 Å². The molecule has 2 aromatic heterocycles. The van der Waals surface area contributed by atoms with Crippen molar-refractivity contribution < 1.29 is 4.79 Å². The molecule has 2 aliphatic rings. The van der Waals surface area contributed by atoms with Gasteiger partial charge in [0.15, 0.2) is 0 Å². The normalized spacial score (nSPS) is 19.8. The number of likely N-dealkylation sites (tertiary alicyclic amines) is 1. The number of nitrogens with zero attached hydrogens (tertiary/aromatic N) is 3. The average molecular weight is 328 g/mol. The van der Waals surface area contributed by atoms with Gasteiger partial charge in [-0.05, 0) is 48.1 Å². The van der Waals surface area contributed by atoms with Crippen molar-refractivity contribution in [2.75, 3.05) is 18.4 Å². The summed E-state index contributed by atoms with van der Waals surface area (Å²) in [5.41, 5.74) is 3.58. The Morgan fingerprint density at radius 1 is 1.39 bits per heavy atom. The highest BCUT2D eigenvalue weighted by Gasteiger charge is 2.27. The van der Waals surface area contributed by atoms with Gasteiger partial charge in [-0.3, -0.25) is 4.79 Å². The van der Waals surface area contributed by atoms with Crippen molar-refractivity contribution in [1.29, 1.82) is 0 Å². The summed E-state index contributed by atoms with van der Waals surface area (Å²) in [5.74, 6) is 1.20. The van der Waals surface area contributed by atoms with E-state index in [0.29, 0.717) is 12.5 Å². The number of hydrogen-bond donors (Lipinski definition) is 1. The number of amides is 1. The summed E-state index contributed by atoms with van der Waals surface area (Å²) in [5, 5.41) is 7.61. The molecule has 0 unspecified atom stereocenters. The number of carbonyl (C=O) groups is 1. The van der Waals surface area contributed by atoms with Crippen molar-refractivity contribution in [2.24, 2.45) is 0 Å². The first-order valence-electron chi connectivity index (χ1n) is 8.18. The van der Waals surface area contributed by atoms with Crippen LogP contribution in [-0.2, 0) is 24.1 Å². The topological polar surface area (TPSA) is 58.1 Å². The molecular weight excluding hydrogens is 308 g/mol. The third kappa shape index (κ3) is 3.08. The first kappa shape index (κ1) is 14.6. The standard InChI is InChI=1S/C17H20N4OS/c22-16(8-12-5-7-23-10-12)21-6-4-13(9-21)20-17-14-2-1-3-15(14)18-11-19-17/h5,7,10-11,13H,1-4,6,8-9H2,(H,18,19,20)/t13-/m1/s1. The maximum absolute atomic E-state index is 12.4. The van der Waals surface area contributed by atoms with Crippen molar-refractivity contribution >= 4 is 23.1 Å². The Bertz CT molecular complexity index is 701. The van der Waals surface area contributed by atoms with E-state index in [1.165, 1.54) is 17.7 Å². The van der Waals surface area contributed by atoms with Gasteiger partial charge in [-0.25, -0.2) is 9.97 Å². The molecule has 1 saturated heterocycles. The van der Waals surface area contributed by atoms with Gasteiger partial charge < -0.3 is 10.2 Å². The fourth-order valence-corrected chi connectivity index (χ4v) is 4.13. The average Bonchev–Trinajstić information content (AvgIpc) is 3.28. The van der Waals surface area contributed by atoms with Crippen LogP contribution in [0, 0.1) is 0 Å². The van der Waals surface area contributed by atoms with E-state index in [1.807, 2.05) is 21.7 Å². The van der Waals surface area contributed by atoms with Crippen LogP contribution in [0.25, 0.3) is 0 Å². The lowest BCUT2D eigenvalue weighted by Crippen LogP contribution is -2.32. The number of rotatable bonds is 4. The lowest BCUT2D eigenvalue weighted by atomic mass is 10.2. The van der Waals surface area contributed by atoms with Gasteiger partial charge in [0.05, 0.1) is 6.42 Å². The van der Waals surface area contributed by atoms with Crippen LogP contribution >= 0.6 is 11.3 Å². The molecule has 0 saturated carbocycles.